The summed E-state index contributed by atoms with van der Waals surface area (Å²) in [6, 6.07) is 8.66. The van der Waals surface area contributed by atoms with Gasteiger partial charge in [0.1, 0.15) is 0 Å². The van der Waals surface area contributed by atoms with Gasteiger partial charge in [0, 0.05) is 25.6 Å². The molecule has 1 saturated carbocycles. The van der Waals surface area contributed by atoms with Crippen molar-refractivity contribution in [1.82, 2.24) is 10.2 Å². The van der Waals surface area contributed by atoms with Gasteiger partial charge in [0.2, 0.25) is 11.8 Å². The maximum absolute atomic E-state index is 12.6. The molecule has 2 fully saturated rings. The number of hydrogen-bond donors (Lipinski definition) is 1. The molecule has 0 aromatic heterocycles. The normalized spacial score (nSPS) is 22.1. The standard InChI is InChI=1S/C22H32N2O2/c1-17-8-6-7-9-18(17)14-15-23-22(26)19-12-13-21(25)24(16-19)20-10-4-2-3-5-11-20/h6-9,19-20H,2-5,10-16H2,1H3,(H,23,26). The van der Waals surface area contributed by atoms with E-state index in [1.165, 1.54) is 36.8 Å². The summed E-state index contributed by atoms with van der Waals surface area (Å²) in [6.45, 7) is 3.38. The summed E-state index contributed by atoms with van der Waals surface area (Å²) in [4.78, 5) is 27.1. The van der Waals surface area contributed by atoms with Gasteiger partial charge in [-0.15, -0.1) is 0 Å². The first-order valence-electron chi connectivity index (χ1n) is 10.3. The molecule has 4 heteroatoms. The molecule has 1 aliphatic heterocycles. The van der Waals surface area contributed by atoms with Crippen molar-refractivity contribution >= 4 is 11.8 Å². The van der Waals surface area contributed by atoms with Gasteiger partial charge >= 0.3 is 0 Å². The summed E-state index contributed by atoms with van der Waals surface area (Å²) < 4.78 is 0. The van der Waals surface area contributed by atoms with Gasteiger partial charge in [-0.2, -0.15) is 0 Å². The van der Waals surface area contributed by atoms with Crippen LogP contribution in [0.15, 0.2) is 24.3 Å². The van der Waals surface area contributed by atoms with Gasteiger partial charge in [-0.25, -0.2) is 0 Å². The van der Waals surface area contributed by atoms with E-state index in [1.807, 2.05) is 17.0 Å². The molecule has 1 heterocycles. The van der Waals surface area contributed by atoms with Gasteiger partial charge in [0.05, 0.1) is 5.92 Å². The molecule has 1 N–H and O–H groups in total. The first-order chi connectivity index (χ1) is 12.6. The monoisotopic (exact) mass is 356 g/mol. The number of nitrogens with one attached hydrogen (secondary N) is 1. The number of amides is 2. The molecular weight excluding hydrogens is 324 g/mol. The summed E-state index contributed by atoms with van der Waals surface area (Å²) >= 11 is 0. The molecule has 1 aromatic rings. The van der Waals surface area contributed by atoms with Crippen LogP contribution in [0.4, 0.5) is 0 Å². The van der Waals surface area contributed by atoms with Crippen molar-refractivity contribution in [3.8, 4) is 0 Å². The molecule has 1 atom stereocenters. The van der Waals surface area contributed by atoms with E-state index in [-0.39, 0.29) is 17.7 Å². The molecule has 0 bridgehead atoms. The summed E-state index contributed by atoms with van der Waals surface area (Å²) in [5.74, 6) is 0.318. The number of benzene rings is 1. The van der Waals surface area contributed by atoms with Crippen molar-refractivity contribution < 1.29 is 9.59 Å². The number of carbonyl (C=O) groups is 2. The second-order valence-corrected chi connectivity index (χ2v) is 7.89. The van der Waals surface area contributed by atoms with Gasteiger partial charge in [-0.3, -0.25) is 9.59 Å². The van der Waals surface area contributed by atoms with Crippen LogP contribution < -0.4 is 5.32 Å². The number of piperidine rings is 1. The maximum Gasteiger partial charge on any atom is 0.224 e. The molecule has 1 aromatic carbocycles. The largest absolute Gasteiger partial charge is 0.355 e. The van der Waals surface area contributed by atoms with Crippen LogP contribution in [0.2, 0.25) is 0 Å². The Balaban J connectivity index is 1.50. The Morgan fingerprint density at radius 1 is 1.12 bits per heavy atom. The van der Waals surface area contributed by atoms with Gasteiger partial charge in [-0.05, 0) is 43.7 Å². The van der Waals surface area contributed by atoms with Crippen LogP contribution in [-0.2, 0) is 16.0 Å². The molecule has 3 rings (SSSR count). The third-order valence-electron chi connectivity index (χ3n) is 6.04. The quantitative estimate of drug-likeness (QED) is 0.819. The highest BCUT2D eigenvalue weighted by atomic mass is 16.2. The van der Waals surface area contributed by atoms with Crippen LogP contribution in [0.5, 0.6) is 0 Å². The highest BCUT2D eigenvalue weighted by Crippen LogP contribution is 2.27. The van der Waals surface area contributed by atoms with Crippen molar-refractivity contribution in [2.24, 2.45) is 5.92 Å². The molecule has 0 radical (unpaired) electrons. The third kappa shape index (κ3) is 4.87. The third-order valence-corrected chi connectivity index (χ3v) is 6.04. The second kappa shape index (κ2) is 9.20. The number of carbonyl (C=O) groups excluding carboxylic acids is 2. The fourth-order valence-electron chi connectivity index (χ4n) is 4.36. The Hall–Kier alpha value is -1.84. The molecule has 0 spiro atoms. The smallest absolute Gasteiger partial charge is 0.224 e. The van der Waals surface area contributed by atoms with E-state index in [0.29, 0.717) is 32.0 Å². The van der Waals surface area contributed by atoms with Crippen molar-refractivity contribution in [1.29, 1.82) is 0 Å². The van der Waals surface area contributed by atoms with Crippen LogP contribution in [0.1, 0.15) is 62.5 Å². The Morgan fingerprint density at radius 3 is 2.58 bits per heavy atom. The zero-order valence-corrected chi connectivity index (χ0v) is 16.0. The first kappa shape index (κ1) is 18.9. The highest BCUT2D eigenvalue weighted by molar-refractivity contribution is 5.84. The van der Waals surface area contributed by atoms with E-state index in [1.54, 1.807) is 0 Å². The van der Waals surface area contributed by atoms with E-state index in [2.05, 4.69) is 24.4 Å². The minimum atomic E-state index is -0.0483. The summed E-state index contributed by atoms with van der Waals surface area (Å²) in [6.07, 6.45) is 9.26. The average Bonchev–Trinajstić information content (AvgIpc) is 2.93. The Morgan fingerprint density at radius 2 is 1.85 bits per heavy atom. The lowest BCUT2D eigenvalue weighted by Crippen LogP contribution is -2.50. The van der Waals surface area contributed by atoms with Crippen LogP contribution in [-0.4, -0.2) is 35.8 Å². The predicted molar refractivity (Wildman–Crippen MR) is 104 cm³/mol. The average molecular weight is 357 g/mol. The van der Waals surface area contributed by atoms with Crippen LogP contribution in [0, 0.1) is 12.8 Å². The van der Waals surface area contributed by atoms with Crippen LogP contribution in [0.3, 0.4) is 0 Å². The van der Waals surface area contributed by atoms with Gasteiger partial charge < -0.3 is 10.2 Å². The van der Waals surface area contributed by atoms with Crippen molar-refractivity contribution in [3.63, 3.8) is 0 Å². The zero-order valence-electron chi connectivity index (χ0n) is 16.0. The lowest BCUT2D eigenvalue weighted by Gasteiger charge is -2.37. The lowest BCUT2D eigenvalue weighted by atomic mass is 9.93. The summed E-state index contributed by atoms with van der Waals surface area (Å²) in [5, 5.41) is 3.10. The SMILES string of the molecule is Cc1ccccc1CCNC(=O)C1CCC(=O)N(C2CCCCCC2)C1. The number of hydrogen-bond acceptors (Lipinski definition) is 2. The highest BCUT2D eigenvalue weighted by Gasteiger charge is 2.34. The van der Waals surface area contributed by atoms with Gasteiger partial charge in [0.15, 0.2) is 0 Å². The van der Waals surface area contributed by atoms with Crippen molar-refractivity contribution in [2.75, 3.05) is 13.1 Å². The number of rotatable bonds is 5. The summed E-state index contributed by atoms with van der Waals surface area (Å²) in [5.41, 5.74) is 2.55. The molecule has 142 valence electrons. The van der Waals surface area contributed by atoms with Crippen molar-refractivity contribution in [2.45, 2.75) is 70.8 Å². The summed E-state index contributed by atoms with van der Waals surface area (Å²) in [7, 11) is 0. The fourth-order valence-corrected chi connectivity index (χ4v) is 4.36. The zero-order chi connectivity index (χ0) is 18.4. The minimum absolute atomic E-state index is 0.0483. The molecule has 1 unspecified atom stereocenters. The van der Waals surface area contributed by atoms with E-state index in [4.69, 9.17) is 0 Å². The first-order valence-corrected chi connectivity index (χ1v) is 10.3. The van der Waals surface area contributed by atoms with Crippen molar-refractivity contribution in [3.05, 3.63) is 35.4 Å². The van der Waals surface area contributed by atoms with Gasteiger partial charge in [0.25, 0.3) is 0 Å². The fraction of sp³-hybridized carbons (Fsp3) is 0.636. The molecule has 1 aliphatic carbocycles. The second-order valence-electron chi connectivity index (χ2n) is 7.89. The molecule has 4 nitrogen and oxygen atoms in total. The molecule has 26 heavy (non-hydrogen) atoms. The molecule has 1 saturated heterocycles. The molecule has 2 amide bonds. The number of aryl methyl sites for hydroxylation is 1. The van der Waals surface area contributed by atoms with Crippen LogP contribution >= 0.6 is 0 Å². The van der Waals surface area contributed by atoms with E-state index < -0.39 is 0 Å². The number of nitrogens with zero attached hydrogens (tertiary/aromatic N) is 1. The Bertz CT molecular complexity index is 620. The van der Waals surface area contributed by atoms with E-state index >= 15 is 0 Å². The van der Waals surface area contributed by atoms with E-state index in [0.717, 1.165) is 19.3 Å². The molecule has 2 aliphatic rings. The van der Waals surface area contributed by atoms with E-state index in [9.17, 15) is 9.59 Å². The number of likely N-dealkylation sites (tertiary alicyclic amines) is 1. The maximum atomic E-state index is 12.6. The Kier molecular flexibility index (Phi) is 6.70. The lowest BCUT2D eigenvalue weighted by molar-refractivity contribution is -0.141. The topological polar surface area (TPSA) is 49.4 Å². The van der Waals surface area contributed by atoms with Gasteiger partial charge in [-0.1, -0.05) is 49.9 Å². The predicted octanol–water partition coefficient (Wildman–Crippen LogP) is 3.62. The Labute approximate surface area is 157 Å². The minimum Gasteiger partial charge on any atom is -0.355 e. The molecular formula is C22H32N2O2. The van der Waals surface area contributed by atoms with Crippen LogP contribution in [0.25, 0.3) is 0 Å².